The fraction of sp³-hybridized carbons (Fsp3) is 1.00. The highest BCUT2D eigenvalue weighted by atomic mass is 16.7. The quantitative estimate of drug-likeness (QED) is 0.453. The van der Waals surface area contributed by atoms with Crippen molar-refractivity contribution < 1.29 is 24.8 Å². The predicted octanol–water partition coefficient (Wildman–Crippen LogP) is -1.54. The van der Waals surface area contributed by atoms with Gasteiger partial charge >= 0.3 is 0 Å². The monoisotopic (exact) mass is 178 g/mol. The lowest BCUT2D eigenvalue weighted by Gasteiger charge is -2.38. The van der Waals surface area contributed by atoms with E-state index in [9.17, 15) is 15.3 Å². The molecular weight excluding hydrogens is 164 g/mol. The molecule has 3 unspecified atom stereocenters. The molecule has 1 aliphatic heterocycles. The zero-order valence-electron chi connectivity index (χ0n) is 7.04. The highest BCUT2D eigenvalue weighted by molar-refractivity contribution is 4.87. The van der Waals surface area contributed by atoms with Gasteiger partial charge in [0.15, 0.2) is 6.29 Å². The molecule has 1 heterocycles. The third-order valence-corrected chi connectivity index (χ3v) is 2.07. The summed E-state index contributed by atoms with van der Waals surface area (Å²) in [5.74, 6) is 0. The van der Waals surface area contributed by atoms with Crippen LogP contribution in [0.4, 0.5) is 0 Å². The van der Waals surface area contributed by atoms with Crippen LogP contribution in [0.15, 0.2) is 0 Å². The van der Waals surface area contributed by atoms with Gasteiger partial charge in [0.25, 0.3) is 0 Å². The average Bonchev–Trinajstić information content (AvgIpc) is 2.01. The molecule has 0 aromatic carbocycles. The topological polar surface area (TPSA) is 79.2 Å². The van der Waals surface area contributed by atoms with Gasteiger partial charge in [-0.15, -0.1) is 0 Å². The van der Waals surface area contributed by atoms with E-state index in [2.05, 4.69) is 0 Å². The zero-order valence-corrected chi connectivity index (χ0v) is 7.04. The summed E-state index contributed by atoms with van der Waals surface area (Å²) in [5, 5.41) is 27.9. The summed E-state index contributed by atoms with van der Waals surface area (Å²) >= 11 is 0. The Morgan fingerprint density at radius 1 is 1.17 bits per heavy atom. The van der Waals surface area contributed by atoms with Crippen molar-refractivity contribution in [2.24, 2.45) is 0 Å². The second-order valence-electron chi connectivity index (χ2n) is 2.91. The molecule has 0 aliphatic carbocycles. The van der Waals surface area contributed by atoms with E-state index in [0.717, 1.165) is 0 Å². The minimum absolute atomic E-state index is 0.582. The van der Waals surface area contributed by atoms with Crippen LogP contribution in [0, 0.1) is 0 Å². The SMILES string of the molecule is COC1C(O)[C@H](O)C(C)O[C@@H]1O. The van der Waals surface area contributed by atoms with E-state index in [1.807, 2.05) is 0 Å². The number of rotatable bonds is 1. The lowest BCUT2D eigenvalue weighted by molar-refractivity contribution is -0.283. The number of methoxy groups -OCH3 is 1. The normalized spacial score (nSPS) is 49.2. The lowest BCUT2D eigenvalue weighted by atomic mass is 10.00. The second-order valence-corrected chi connectivity index (χ2v) is 2.91. The molecule has 0 bridgehead atoms. The molecule has 3 N–H and O–H groups in total. The molecule has 1 saturated heterocycles. The summed E-state index contributed by atoms with van der Waals surface area (Å²) < 4.78 is 9.64. The number of ether oxygens (including phenoxy) is 2. The highest BCUT2D eigenvalue weighted by Gasteiger charge is 2.41. The van der Waals surface area contributed by atoms with Crippen molar-refractivity contribution in [3.8, 4) is 0 Å². The molecule has 1 rings (SSSR count). The molecular formula is C7H14O5. The third kappa shape index (κ3) is 1.60. The van der Waals surface area contributed by atoms with Crippen molar-refractivity contribution in [3.05, 3.63) is 0 Å². The van der Waals surface area contributed by atoms with E-state index in [0.29, 0.717) is 0 Å². The molecule has 5 heteroatoms. The van der Waals surface area contributed by atoms with Gasteiger partial charge in [0.2, 0.25) is 0 Å². The van der Waals surface area contributed by atoms with Gasteiger partial charge in [0.1, 0.15) is 18.3 Å². The van der Waals surface area contributed by atoms with Crippen LogP contribution in [0.5, 0.6) is 0 Å². The number of aliphatic hydroxyl groups excluding tert-OH is 3. The van der Waals surface area contributed by atoms with E-state index >= 15 is 0 Å². The number of aliphatic hydroxyl groups is 3. The maximum absolute atomic E-state index is 9.36. The predicted molar refractivity (Wildman–Crippen MR) is 39.4 cm³/mol. The molecule has 0 spiro atoms. The first kappa shape index (κ1) is 9.88. The highest BCUT2D eigenvalue weighted by Crippen LogP contribution is 2.20. The number of hydrogen-bond acceptors (Lipinski definition) is 5. The zero-order chi connectivity index (χ0) is 9.30. The van der Waals surface area contributed by atoms with Crippen LogP contribution in [0.25, 0.3) is 0 Å². The Kier molecular flexibility index (Phi) is 3.03. The number of hydrogen-bond donors (Lipinski definition) is 3. The van der Waals surface area contributed by atoms with Crippen molar-refractivity contribution in [2.75, 3.05) is 7.11 Å². The molecule has 0 aromatic rings. The summed E-state index contributed by atoms with van der Waals surface area (Å²) in [4.78, 5) is 0. The summed E-state index contributed by atoms with van der Waals surface area (Å²) in [6.07, 6.45) is -4.76. The van der Waals surface area contributed by atoms with E-state index in [1.54, 1.807) is 6.92 Å². The Morgan fingerprint density at radius 2 is 1.75 bits per heavy atom. The van der Waals surface area contributed by atoms with Gasteiger partial charge in [-0.25, -0.2) is 0 Å². The Bertz CT molecular complexity index is 151. The van der Waals surface area contributed by atoms with E-state index in [4.69, 9.17) is 9.47 Å². The smallest absolute Gasteiger partial charge is 0.184 e. The largest absolute Gasteiger partial charge is 0.388 e. The van der Waals surface area contributed by atoms with Crippen molar-refractivity contribution in [1.82, 2.24) is 0 Å². The van der Waals surface area contributed by atoms with Crippen molar-refractivity contribution in [1.29, 1.82) is 0 Å². The third-order valence-electron chi connectivity index (χ3n) is 2.07. The Morgan fingerprint density at radius 3 is 2.25 bits per heavy atom. The first-order valence-corrected chi connectivity index (χ1v) is 3.80. The molecule has 0 aromatic heterocycles. The minimum Gasteiger partial charge on any atom is -0.388 e. The maximum Gasteiger partial charge on any atom is 0.184 e. The molecule has 1 aliphatic rings. The first-order valence-electron chi connectivity index (χ1n) is 3.80. The van der Waals surface area contributed by atoms with Gasteiger partial charge in [-0.1, -0.05) is 0 Å². The standard InChI is InChI=1S/C7H14O5/c1-3-4(8)5(9)6(11-2)7(10)12-3/h3-10H,1-2H3/t3?,4-,5?,6?,7+/m1/s1. The van der Waals surface area contributed by atoms with Crippen LogP contribution in [0.1, 0.15) is 6.92 Å². The average molecular weight is 178 g/mol. The van der Waals surface area contributed by atoms with Crippen LogP contribution < -0.4 is 0 Å². The Labute approximate surface area is 70.5 Å². The Balaban J connectivity index is 2.65. The Hall–Kier alpha value is -0.200. The van der Waals surface area contributed by atoms with Gasteiger partial charge in [-0.3, -0.25) is 0 Å². The fourth-order valence-corrected chi connectivity index (χ4v) is 1.27. The van der Waals surface area contributed by atoms with Crippen LogP contribution >= 0.6 is 0 Å². The van der Waals surface area contributed by atoms with Crippen LogP contribution in [-0.2, 0) is 9.47 Å². The molecule has 0 radical (unpaired) electrons. The molecule has 72 valence electrons. The van der Waals surface area contributed by atoms with Crippen molar-refractivity contribution in [2.45, 2.75) is 37.6 Å². The fourth-order valence-electron chi connectivity index (χ4n) is 1.27. The van der Waals surface area contributed by atoms with Crippen molar-refractivity contribution in [3.63, 3.8) is 0 Å². The summed E-state index contributed by atoms with van der Waals surface area (Å²) in [6.45, 7) is 1.57. The van der Waals surface area contributed by atoms with E-state index in [1.165, 1.54) is 7.11 Å². The van der Waals surface area contributed by atoms with Crippen LogP contribution in [-0.4, -0.2) is 53.1 Å². The van der Waals surface area contributed by atoms with Gasteiger partial charge in [0, 0.05) is 7.11 Å². The van der Waals surface area contributed by atoms with Crippen molar-refractivity contribution >= 4 is 0 Å². The summed E-state index contributed by atoms with van der Waals surface area (Å²) in [5.41, 5.74) is 0. The van der Waals surface area contributed by atoms with Gasteiger partial charge in [-0.05, 0) is 6.92 Å². The molecule has 5 atom stereocenters. The second kappa shape index (κ2) is 3.68. The van der Waals surface area contributed by atoms with Gasteiger partial charge in [-0.2, -0.15) is 0 Å². The van der Waals surface area contributed by atoms with E-state index < -0.39 is 30.7 Å². The lowest BCUT2D eigenvalue weighted by Crippen LogP contribution is -2.57. The summed E-state index contributed by atoms with van der Waals surface area (Å²) in [7, 11) is 1.34. The van der Waals surface area contributed by atoms with Gasteiger partial charge < -0.3 is 24.8 Å². The minimum atomic E-state index is -1.18. The molecule has 0 saturated carbocycles. The van der Waals surface area contributed by atoms with E-state index in [-0.39, 0.29) is 0 Å². The van der Waals surface area contributed by atoms with Gasteiger partial charge in [0.05, 0.1) is 6.10 Å². The molecule has 0 amide bonds. The first-order chi connectivity index (χ1) is 5.57. The molecule has 1 fully saturated rings. The van der Waals surface area contributed by atoms with Crippen LogP contribution in [0.2, 0.25) is 0 Å². The molecule has 5 nitrogen and oxygen atoms in total. The van der Waals surface area contributed by atoms with Crippen LogP contribution in [0.3, 0.4) is 0 Å². The maximum atomic E-state index is 9.36. The molecule has 12 heavy (non-hydrogen) atoms. The summed E-state index contributed by atoms with van der Waals surface area (Å²) in [6, 6.07) is 0.